The van der Waals surface area contributed by atoms with Crippen LogP contribution in [0.25, 0.3) is 10.2 Å². The Morgan fingerprint density at radius 2 is 1.93 bits per heavy atom. The average molecular weight is 457 g/mol. The molecule has 1 amide bonds. The molecule has 10 heteroatoms. The van der Waals surface area contributed by atoms with Gasteiger partial charge in [-0.15, -0.1) is 11.3 Å². The molecule has 0 fully saturated rings. The molecule has 3 aromatic rings. The van der Waals surface area contributed by atoms with Gasteiger partial charge in [-0.2, -0.15) is 13.2 Å². The van der Waals surface area contributed by atoms with E-state index in [9.17, 15) is 22.8 Å². The van der Waals surface area contributed by atoms with E-state index < -0.39 is 35.9 Å². The highest BCUT2D eigenvalue weighted by atomic mass is 35.5. The van der Waals surface area contributed by atoms with Gasteiger partial charge in [-0.3, -0.25) is 9.59 Å². The van der Waals surface area contributed by atoms with Gasteiger partial charge in [-0.1, -0.05) is 23.7 Å². The zero-order valence-electron chi connectivity index (χ0n) is 15.5. The van der Waals surface area contributed by atoms with Gasteiger partial charge in [0.1, 0.15) is 0 Å². The van der Waals surface area contributed by atoms with Crippen LogP contribution in [0.15, 0.2) is 42.5 Å². The third kappa shape index (κ3) is 5.93. The van der Waals surface area contributed by atoms with Crippen LogP contribution in [0.5, 0.6) is 0 Å². The number of aromatic nitrogens is 1. The van der Waals surface area contributed by atoms with Crippen LogP contribution in [0.2, 0.25) is 5.02 Å². The normalized spacial score (nSPS) is 11.5. The number of carbonyl (C=O) groups excluding carboxylic acids is 2. The van der Waals surface area contributed by atoms with Crippen molar-refractivity contribution in [2.75, 3.05) is 11.9 Å². The number of aryl methyl sites for hydroxylation is 1. The first kappa shape index (κ1) is 22.0. The Bertz CT molecular complexity index is 1040. The van der Waals surface area contributed by atoms with E-state index in [1.54, 1.807) is 11.3 Å². The van der Waals surface area contributed by atoms with E-state index in [0.717, 1.165) is 21.3 Å². The zero-order valence-corrected chi connectivity index (χ0v) is 17.0. The number of ether oxygens (including phenoxy) is 1. The maximum Gasteiger partial charge on any atom is 0.418 e. The summed E-state index contributed by atoms with van der Waals surface area (Å²) in [6.07, 6.45) is -3.56. The molecule has 0 aliphatic heterocycles. The predicted molar refractivity (Wildman–Crippen MR) is 109 cm³/mol. The molecule has 0 atom stereocenters. The van der Waals surface area contributed by atoms with Crippen LogP contribution >= 0.6 is 22.9 Å². The number of alkyl halides is 3. The number of para-hydroxylation sites is 1. The molecule has 0 bridgehead atoms. The summed E-state index contributed by atoms with van der Waals surface area (Å²) in [6.45, 7) is -0.681. The third-order valence-electron chi connectivity index (χ3n) is 4.04. The number of nitrogens with one attached hydrogen (secondary N) is 1. The van der Waals surface area contributed by atoms with Gasteiger partial charge in [0, 0.05) is 11.4 Å². The molecule has 30 heavy (non-hydrogen) atoms. The third-order valence-corrected chi connectivity index (χ3v) is 5.37. The Labute approximate surface area is 178 Å². The van der Waals surface area contributed by atoms with E-state index in [4.69, 9.17) is 16.3 Å². The SMILES string of the molecule is O=C(COC(=O)CCCc1nc2ccccc2s1)Nc1ccc(Cl)cc1C(F)(F)F. The number of thiazole rings is 1. The zero-order chi connectivity index (χ0) is 21.7. The summed E-state index contributed by atoms with van der Waals surface area (Å²) in [4.78, 5) is 28.2. The van der Waals surface area contributed by atoms with Crippen molar-refractivity contribution < 1.29 is 27.5 Å². The summed E-state index contributed by atoms with van der Waals surface area (Å²) < 4.78 is 45.0. The van der Waals surface area contributed by atoms with Gasteiger partial charge >= 0.3 is 12.1 Å². The second-order valence-corrected chi connectivity index (χ2v) is 7.88. The van der Waals surface area contributed by atoms with Gasteiger partial charge in [-0.05, 0) is 43.2 Å². The highest BCUT2D eigenvalue weighted by molar-refractivity contribution is 7.18. The van der Waals surface area contributed by atoms with Crippen molar-refractivity contribution in [3.8, 4) is 0 Å². The van der Waals surface area contributed by atoms with E-state index in [1.165, 1.54) is 6.07 Å². The second kappa shape index (κ2) is 9.44. The summed E-state index contributed by atoms with van der Waals surface area (Å²) in [5, 5.41) is 2.87. The highest BCUT2D eigenvalue weighted by Gasteiger charge is 2.34. The van der Waals surface area contributed by atoms with Crippen LogP contribution in [-0.2, 0) is 26.9 Å². The fraction of sp³-hybridized carbons (Fsp3) is 0.250. The Balaban J connectivity index is 1.45. The quantitative estimate of drug-likeness (QED) is 0.478. The molecular formula is C20H16ClF3N2O3S. The molecule has 3 rings (SSSR count). The number of benzene rings is 2. The van der Waals surface area contributed by atoms with Crippen molar-refractivity contribution in [1.29, 1.82) is 0 Å². The number of hydrogen-bond acceptors (Lipinski definition) is 5. The van der Waals surface area contributed by atoms with Gasteiger partial charge in [0.05, 0.1) is 26.5 Å². The number of hydrogen-bond donors (Lipinski definition) is 1. The van der Waals surface area contributed by atoms with E-state index in [0.29, 0.717) is 18.9 Å². The lowest BCUT2D eigenvalue weighted by Crippen LogP contribution is -2.22. The van der Waals surface area contributed by atoms with Gasteiger partial charge in [0.15, 0.2) is 6.61 Å². The molecule has 0 saturated carbocycles. The Morgan fingerprint density at radius 3 is 2.67 bits per heavy atom. The maximum atomic E-state index is 13.0. The van der Waals surface area contributed by atoms with Gasteiger partial charge in [0.2, 0.25) is 0 Å². The van der Waals surface area contributed by atoms with Crippen LogP contribution in [0.4, 0.5) is 18.9 Å². The van der Waals surface area contributed by atoms with Crippen LogP contribution < -0.4 is 5.32 Å². The van der Waals surface area contributed by atoms with Crippen molar-refractivity contribution in [2.24, 2.45) is 0 Å². The molecule has 1 heterocycles. The van der Waals surface area contributed by atoms with Crippen LogP contribution in [-0.4, -0.2) is 23.5 Å². The van der Waals surface area contributed by atoms with E-state index in [-0.39, 0.29) is 11.4 Å². The van der Waals surface area contributed by atoms with E-state index >= 15 is 0 Å². The molecular weight excluding hydrogens is 441 g/mol. The molecule has 5 nitrogen and oxygen atoms in total. The first-order valence-electron chi connectivity index (χ1n) is 8.89. The highest BCUT2D eigenvalue weighted by Crippen LogP contribution is 2.36. The first-order chi connectivity index (χ1) is 14.2. The number of amides is 1. The average Bonchev–Trinajstić information content (AvgIpc) is 3.10. The van der Waals surface area contributed by atoms with Crippen molar-refractivity contribution in [2.45, 2.75) is 25.4 Å². The molecule has 158 valence electrons. The Morgan fingerprint density at radius 1 is 1.17 bits per heavy atom. The molecule has 0 saturated heterocycles. The second-order valence-electron chi connectivity index (χ2n) is 6.33. The fourth-order valence-electron chi connectivity index (χ4n) is 2.68. The smallest absolute Gasteiger partial charge is 0.418 e. The first-order valence-corrected chi connectivity index (χ1v) is 10.1. The lowest BCUT2D eigenvalue weighted by molar-refractivity contribution is -0.147. The number of carbonyl (C=O) groups is 2. The van der Waals surface area contributed by atoms with Crippen LogP contribution in [0.1, 0.15) is 23.4 Å². The van der Waals surface area contributed by atoms with Gasteiger partial charge < -0.3 is 10.1 Å². The van der Waals surface area contributed by atoms with E-state index in [1.807, 2.05) is 24.3 Å². The molecule has 0 aliphatic rings. The van der Waals surface area contributed by atoms with Gasteiger partial charge in [-0.25, -0.2) is 4.98 Å². The maximum absolute atomic E-state index is 13.0. The Kier molecular flexibility index (Phi) is 6.94. The van der Waals surface area contributed by atoms with Crippen molar-refractivity contribution in [1.82, 2.24) is 4.98 Å². The summed E-state index contributed by atoms with van der Waals surface area (Å²) in [7, 11) is 0. The van der Waals surface area contributed by atoms with E-state index in [2.05, 4.69) is 10.3 Å². The summed E-state index contributed by atoms with van der Waals surface area (Å²) in [6, 6.07) is 10.7. The number of halogens is 4. The predicted octanol–water partition coefficient (Wildman–Crippen LogP) is 5.47. The number of nitrogens with zero attached hydrogens (tertiary/aromatic N) is 1. The lowest BCUT2D eigenvalue weighted by atomic mass is 10.1. The number of anilines is 1. The van der Waals surface area contributed by atoms with Crippen LogP contribution in [0.3, 0.4) is 0 Å². The summed E-state index contributed by atoms with van der Waals surface area (Å²) in [5.74, 6) is -1.49. The molecule has 0 radical (unpaired) electrons. The monoisotopic (exact) mass is 456 g/mol. The molecule has 0 aliphatic carbocycles. The van der Waals surface area contributed by atoms with Crippen molar-refractivity contribution >= 4 is 50.7 Å². The lowest BCUT2D eigenvalue weighted by Gasteiger charge is -2.14. The number of fused-ring (bicyclic) bond motifs is 1. The topological polar surface area (TPSA) is 68.3 Å². The molecule has 0 unspecified atom stereocenters. The number of rotatable bonds is 7. The molecule has 2 aromatic carbocycles. The summed E-state index contributed by atoms with van der Waals surface area (Å²) in [5.41, 5.74) is -0.633. The largest absolute Gasteiger partial charge is 0.456 e. The van der Waals surface area contributed by atoms with Crippen molar-refractivity contribution in [3.63, 3.8) is 0 Å². The number of esters is 1. The molecule has 1 aromatic heterocycles. The minimum Gasteiger partial charge on any atom is -0.456 e. The standard InChI is InChI=1S/C20H16ClF3N2O3S/c21-12-8-9-14(13(10-12)20(22,23)24)25-17(27)11-29-19(28)7-3-6-18-26-15-4-1-2-5-16(15)30-18/h1-2,4-5,8-10H,3,6-7,11H2,(H,25,27). The van der Waals surface area contributed by atoms with Crippen molar-refractivity contribution in [3.05, 3.63) is 58.1 Å². The fourth-order valence-corrected chi connectivity index (χ4v) is 3.86. The van der Waals surface area contributed by atoms with Gasteiger partial charge in [0.25, 0.3) is 5.91 Å². The summed E-state index contributed by atoms with van der Waals surface area (Å²) >= 11 is 7.14. The minimum atomic E-state index is -4.69. The Hall–Kier alpha value is -2.65. The molecule has 1 N–H and O–H groups in total. The minimum absolute atomic E-state index is 0.0674. The molecule has 0 spiro atoms. The van der Waals surface area contributed by atoms with Crippen LogP contribution in [0, 0.1) is 0 Å².